The van der Waals surface area contributed by atoms with E-state index in [2.05, 4.69) is 15.5 Å². The number of hydrogen-bond donors (Lipinski definition) is 2. The van der Waals surface area contributed by atoms with Crippen LogP contribution in [0.3, 0.4) is 0 Å². The predicted molar refractivity (Wildman–Crippen MR) is 68.9 cm³/mol. The van der Waals surface area contributed by atoms with Crippen molar-refractivity contribution in [1.29, 1.82) is 0 Å². The van der Waals surface area contributed by atoms with Crippen molar-refractivity contribution in [2.24, 2.45) is 0 Å². The summed E-state index contributed by atoms with van der Waals surface area (Å²) in [5, 5.41) is 10.1. The maximum atomic E-state index is 11.9. The number of aromatic amines is 1. The number of nitrogens with one attached hydrogen (secondary N) is 2. The maximum Gasteiger partial charge on any atom is 0.347 e. The van der Waals surface area contributed by atoms with Gasteiger partial charge in [-0.1, -0.05) is 12.1 Å². The highest BCUT2D eigenvalue weighted by Gasteiger charge is 2.23. The molecule has 0 bridgehead atoms. The molecule has 1 aromatic carbocycles. The average molecular weight is 244 g/mol. The Hall–Kier alpha value is -1.88. The molecule has 1 fully saturated rings. The van der Waals surface area contributed by atoms with Crippen molar-refractivity contribution in [2.75, 3.05) is 6.54 Å². The monoisotopic (exact) mass is 244 g/mol. The van der Waals surface area contributed by atoms with Crippen molar-refractivity contribution in [3.05, 3.63) is 46.1 Å². The number of nitrogens with zero attached hydrogens (tertiary/aromatic N) is 2. The Balaban J connectivity index is 2.10. The molecule has 1 aliphatic heterocycles. The lowest BCUT2D eigenvalue weighted by Gasteiger charge is -2.11. The largest absolute Gasteiger partial charge is 0.347 e. The highest BCUT2D eigenvalue weighted by Crippen LogP contribution is 2.22. The Kier molecular flexibility index (Phi) is 2.76. The molecule has 3 rings (SSSR count). The number of rotatable bonds is 2. The van der Waals surface area contributed by atoms with E-state index in [1.165, 1.54) is 0 Å². The van der Waals surface area contributed by atoms with E-state index in [4.69, 9.17) is 0 Å². The SMILES string of the molecule is Cc1cccc(-n2c(C3CCCN3)n[nH]c2=O)c1. The standard InChI is InChI=1S/C13H16N4O/c1-9-4-2-5-10(8-9)17-12(15-16-13(17)18)11-6-3-7-14-11/h2,4-5,8,11,14H,3,6-7H2,1H3,(H,16,18). The van der Waals surface area contributed by atoms with Gasteiger partial charge in [-0.2, -0.15) is 5.10 Å². The third kappa shape index (κ3) is 1.86. The van der Waals surface area contributed by atoms with Crippen molar-refractivity contribution in [1.82, 2.24) is 20.1 Å². The Morgan fingerprint density at radius 2 is 2.33 bits per heavy atom. The molecule has 2 aromatic rings. The Labute approximate surface area is 105 Å². The molecule has 5 nitrogen and oxygen atoms in total. The molecule has 1 atom stereocenters. The molecule has 2 heterocycles. The van der Waals surface area contributed by atoms with Crippen molar-refractivity contribution in [2.45, 2.75) is 25.8 Å². The molecule has 94 valence electrons. The first-order chi connectivity index (χ1) is 8.75. The van der Waals surface area contributed by atoms with Gasteiger partial charge in [0.05, 0.1) is 11.7 Å². The van der Waals surface area contributed by atoms with Crippen LogP contribution in [0.4, 0.5) is 0 Å². The van der Waals surface area contributed by atoms with Gasteiger partial charge in [-0.05, 0) is 44.0 Å². The van der Waals surface area contributed by atoms with Gasteiger partial charge in [0, 0.05) is 0 Å². The summed E-state index contributed by atoms with van der Waals surface area (Å²) in [6.07, 6.45) is 2.15. The van der Waals surface area contributed by atoms with Gasteiger partial charge in [0.1, 0.15) is 0 Å². The Bertz CT molecular complexity index is 607. The quantitative estimate of drug-likeness (QED) is 0.837. The van der Waals surface area contributed by atoms with Crippen molar-refractivity contribution in [3.63, 3.8) is 0 Å². The Morgan fingerprint density at radius 1 is 1.44 bits per heavy atom. The molecule has 2 N–H and O–H groups in total. The summed E-state index contributed by atoms with van der Waals surface area (Å²) in [5.74, 6) is 0.781. The second kappa shape index (κ2) is 4.42. The van der Waals surface area contributed by atoms with E-state index in [1.807, 2.05) is 31.2 Å². The average Bonchev–Trinajstić information content (AvgIpc) is 2.97. The molecule has 0 radical (unpaired) electrons. The highest BCUT2D eigenvalue weighted by atomic mass is 16.1. The van der Waals surface area contributed by atoms with Gasteiger partial charge in [0.2, 0.25) is 0 Å². The molecule has 18 heavy (non-hydrogen) atoms. The minimum absolute atomic E-state index is 0.171. The lowest BCUT2D eigenvalue weighted by atomic mass is 10.2. The smallest absolute Gasteiger partial charge is 0.307 e. The zero-order chi connectivity index (χ0) is 12.5. The normalized spacial score (nSPS) is 19.3. The van der Waals surface area contributed by atoms with Crippen LogP contribution >= 0.6 is 0 Å². The molecule has 1 saturated heterocycles. The fourth-order valence-corrected chi connectivity index (χ4v) is 2.46. The number of hydrogen-bond acceptors (Lipinski definition) is 3. The van der Waals surface area contributed by atoms with E-state index in [9.17, 15) is 4.79 Å². The maximum absolute atomic E-state index is 11.9. The summed E-state index contributed by atoms with van der Waals surface area (Å²) in [6.45, 7) is 3.00. The minimum atomic E-state index is -0.177. The van der Waals surface area contributed by atoms with Crippen LogP contribution in [-0.2, 0) is 0 Å². The third-order valence-electron chi connectivity index (χ3n) is 3.33. The highest BCUT2D eigenvalue weighted by molar-refractivity contribution is 5.36. The van der Waals surface area contributed by atoms with Gasteiger partial charge in [0.15, 0.2) is 5.82 Å². The fraction of sp³-hybridized carbons (Fsp3) is 0.385. The van der Waals surface area contributed by atoms with Gasteiger partial charge in [-0.15, -0.1) is 0 Å². The summed E-state index contributed by atoms with van der Waals surface area (Å²) in [7, 11) is 0. The first kappa shape index (κ1) is 11.2. The van der Waals surface area contributed by atoms with Crippen molar-refractivity contribution < 1.29 is 0 Å². The minimum Gasteiger partial charge on any atom is -0.307 e. The summed E-state index contributed by atoms with van der Waals surface area (Å²) in [5.41, 5.74) is 1.83. The summed E-state index contributed by atoms with van der Waals surface area (Å²) >= 11 is 0. The lowest BCUT2D eigenvalue weighted by molar-refractivity contribution is 0.591. The van der Waals surface area contributed by atoms with E-state index in [0.29, 0.717) is 0 Å². The number of H-pyrrole nitrogens is 1. The molecule has 1 aliphatic rings. The first-order valence-electron chi connectivity index (χ1n) is 6.23. The van der Waals surface area contributed by atoms with Gasteiger partial charge >= 0.3 is 5.69 Å². The van der Waals surface area contributed by atoms with Crippen LogP contribution in [0.15, 0.2) is 29.1 Å². The summed E-state index contributed by atoms with van der Waals surface area (Å²) in [6, 6.07) is 8.07. The second-order valence-electron chi connectivity index (χ2n) is 4.71. The molecule has 0 amide bonds. The summed E-state index contributed by atoms with van der Waals surface area (Å²) in [4.78, 5) is 11.9. The first-order valence-corrected chi connectivity index (χ1v) is 6.23. The van der Waals surface area contributed by atoms with Crippen LogP contribution in [0.25, 0.3) is 5.69 Å². The molecule has 0 saturated carbocycles. The van der Waals surface area contributed by atoms with Crippen LogP contribution in [0, 0.1) is 6.92 Å². The van der Waals surface area contributed by atoms with E-state index < -0.39 is 0 Å². The molecule has 5 heteroatoms. The van der Waals surface area contributed by atoms with E-state index in [1.54, 1.807) is 4.57 Å². The molecule has 1 aromatic heterocycles. The van der Waals surface area contributed by atoms with Crippen LogP contribution in [-0.4, -0.2) is 21.3 Å². The van der Waals surface area contributed by atoms with E-state index in [0.717, 1.165) is 36.5 Å². The lowest BCUT2D eigenvalue weighted by Crippen LogP contribution is -2.22. The number of aromatic nitrogens is 3. The number of aryl methyl sites for hydroxylation is 1. The zero-order valence-electron chi connectivity index (χ0n) is 10.3. The molecule has 0 aliphatic carbocycles. The van der Waals surface area contributed by atoms with Crippen LogP contribution in [0.2, 0.25) is 0 Å². The van der Waals surface area contributed by atoms with Crippen molar-refractivity contribution >= 4 is 0 Å². The topological polar surface area (TPSA) is 62.7 Å². The van der Waals surface area contributed by atoms with Crippen LogP contribution in [0.1, 0.15) is 30.3 Å². The Morgan fingerprint density at radius 3 is 3.06 bits per heavy atom. The second-order valence-corrected chi connectivity index (χ2v) is 4.71. The summed E-state index contributed by atoms with van der Waals surface area (Å²) < 4.78 is 1.66. The fourth-order valence-electron chi connectivity index (χ4n) is 2.46. The van der Waals surface area contributed by atoms with Crippen molar-refractivity contribution in [3.8, 4) is 5.69 Å². The van der Waals surface area contributed by atoms with E-state index in [-0.39, 0.29) is 11.7 Å². The van der Waals surface area contributed by atoms with Gasteiger partial charge in [-0.25, -0.2) is 14.5 Å². The molecular weight excluding hydrogens is 228 g/mol. The van der Waals surface area contributed by atoms with Gasteiger partial charge in [0.25, 0.3) is 0 Å². The van der Waals surface area contributed by atoms with Crippen LogP contribution < -0.4 is 11.0 Å². The molecule has 1 unspecified atom stereocenters. The van der Waals surface area contributed by atoms with Crippen LogP contribution in [0.5, 0.6) is 0 Å². The predicted octanol–water partition coefficient (Wildman–Crippen LogP) is 1.29. The third-order valence-corrected chi connectivity index (χ3v) is 3.33. The molecule has 0 spiro atoms. The van der Waals surface area contributed by atoms with Gasteiger partial charge < -0.3 is 5.32 Å². The molecular formula is C13H16N4O. The van der Waals surface area contributed by atoms with Gasteiger partial charge in [-0.3, -0.25) is 0 Å². The zero-order valence-corrected chi connectivity index (χ0v) is 10.3. The number of benzene rings is 1. The van der Waals surface area contributed by atoms with E-state index >= 15 is 0 Å².